The molecule has 0 aliphatic carbocycles. The second-order valence-electron chi connectivity index (χ2n) is 4.57. The average molecular weight is 282 g/mol. The lowest BCUT2D eigenvalue weighted by Crippen LogP contribution is -2.29. The summed E-state index contributed by atoms with van der Waals surface area (Å²) in [6.07, 6.45) is 0. The van der Waals surface area contributed by atoms with Crippen LogP contribution in [-0.4, -0.2) is 24.0 Å². The average Bonchev–Trinajstić information content (AvgIpc) is 2.35. The number of rotatable bonds is 6. The van der Waals surface area contributed by atoms with E-state index in [1.807, 2.05) is 0 Å². The Hall–Kier alpha value is -1.36. The van der Waals surface area contributed by atoms with E-state index in [1.165, 1.54) is 0 Å². The number of hydrogen-bond acceptors (Lipinski definition) is 4. The SMILES string of the molecule is CCSC(C(=O)Nc1ccc(OC)c(N)c1)C(C)C. The quantitative estimate of drug-likeness (QED) is 0.787. The van der Waals surface area contributed by atoms with Crippen molar-refractivity contribution in [1.82, 2.24) is 0 Å². The summed E-state index contributed by atoms with van der Waals surface area (Å²) in [5.74, 6) is 1.84. The van der Waals surface area contributed by atoms with E-state index in [-0.39, 0.29) is 11.2 Å². The molecule has 0 aliphatic rings. The second kappa shape index (κ2) is 7.28. The number of benzene rings is 1. The van der Waals surface area contributed by atoms with Gasteiger partial charge < -0.3 is 15.8 Å². The van der Waals surface area contributed by atoms with Gasteiger partial charge in [0.15, 0.2) is 0 Å². The van der Waals surface area contributed by atoms with Crippen LogP contribution in [0.15, 0.2) is 18.2 Å². The number of nitrogens with two attached hydrogens (primary N) is 1. The lowest BCUT2D eigenvalue weighted by atomic mass is 10.1. The molecule has 0 heterocycles. The number of nitrogen functional groups attached to an aromatic ring is 1. The van der Waals surface area contributed by atoms with Gasteiger partial charge in [-0.15, -0.1) is 11.8 Å². The number of thioether (sulfide) groups is 1. The van der Waals surface area contributed by atoms with E-state index in [1.54, 1.807) is 37.1 Å². The van der Waals surface area contributed by atoms with E-state index < -0.39 is 0 Å². The molecule has 3 N–H and O–H groups in total. The number of carbonyl (C=O) groups excluding carboxylic acids is 1. The first-order chi connectivity index (χ1) is 8.99. The summed E-state index contributed by atoms with van der Waals surface area (Å²) in [6, 6.07) is 5.26. The first-order valence-electron chi connectivity index (χ1n) is 6.35. The number of methoxy groups -OCH3 is 1. The van der Waals surface area contributed by atoms with Crippen LogP contribution in [0.1, 0.15) is 20.8 Å². The van der Waals surface area contributed by atoms with Crippen molar-refractivity contribution >= 4 is 29.0 Å². The first kappa shape index (κ1) is 15.7. The molecule has 1 atom stereocenters. The van der Waals surface area contributed by atoms with Gasteiger partial charge in [0.2, 0.25) is 5.91 Å². The fraction of sp³-hybridized carbons (Fsp3) is 0.500. The predicted octanol–water partition coefficient (Wildman–Crippen LogP) is 2.99. The Morgan fingerprint density at radius 2 is 2.16 bits per heavy atom. The lowest BCUT2D eigenvalue weighted by molar-refractivity contribution is -0.116. The maximum absolute atomic E-state index is 12.2. The van der Waals surface area contributed by atoms with Crippen molar-refractivity contribution < 1.29 is 9.53 Å². The van der Waals surface area contributed by atoms with Crippen LogP contribution in [0, 0.1) is 5.92 Å². The molecule has 1 unspecified atom stereocenters. The highest BCUT2D eigenvalue weighted by atomic mass is 32.2. The maximum Gasteiger partial charge on any atom is 0.237 e. The van der Waals surface area contributed by atoms with Crippen LogP contribution in [-0.2, 0) is 4.79 Å². The molecule has 1 amide bonds. The third kappa shape index (κ3) is 4.35. The Morgan fingerprint density at radius 1 is 1.47 bits per heavy atom. The van der Waals surface area contributed by atoms with E-state index in [9.17, 15) is 4.79 Å². The summed E-state index contributed by atoms with van der Waals surface area (Å²) >= 11 is 1.66. The Labute approximate surface area is 119 Å². The molecule has 0 aromatic heterocycles. The van der Waals surface area contributed by atoms with Crippen LogP contribution in [0.5, 0.6) is 5.75 Å². The number of nitrogens with one attached hydrogen (secondary N) is 1. The maximum atomic E-state index is 12.2. The molecule has 0 saturated heterocycles. The molecule has 1 rings (SSSR count). The second-order valence-corrected chi connectivity index (χ2v) is 5.98. The largest absolute Gasteiger partial charge is 0.495 e. The standard InChI is InChI=1S/C14H22N2O2S/c1-5-19-13(9(2)3)14(17)16-10-6-7-12(18-4)11(15)8-10/h6-9,13H,5,15H2,1-4H3,(H,16,17). The minimum atomic E-state index is -0.0478. The molecule has 19 heavy (non-hydrogen) atoms. The van der Waals surface area contributed by atoms with Crippen molar-refractivity contribution in [1.29, 1.82) is 0 Å². The summed E-state index contributed by atoms with van der Waals surface area (Å²) in [5, 5.41) is 2.86. The van der Waals surface area contributed by atoms with Gasteiger partial charge in [-0.1, -0.05) is 20.8 Å². The fourth-order valence-electron chi connectivity index (χ4n) is 1.78. The van der Waals surface area contributed by atoms with Gasteiger partial charge in [0.25, 0.3) is 0 Å². The Bertz CT molecular complexity index is 435. The molecule has 0 aliphatic heterocycles. The molecule has 0 saturated carbocycles. The third-order valence-electron chi connectivity index (χ3n) is 2.71. The van der Waals surface area contributed by atoms with Crippen LogP contribution in [0.3, 0.4) is 0 Å². The van der Waals surface area contributed by atoms with Crippen LogP contribution < -0.4 is 15.8 Å². The number of carbonyl (C=O) groups is 1. The number of hydrogen-bond donors (Lipinski definition) is 2. The molecule has 0 radical (unpaired) electrons. The highest BCUT2D eigenvalue weighted by molar-refractivity contribution is 8.00. The molecule has 4 nitrogen and oxygen atoms in total. The molecule has 0 bridgehead atoms. The van der Waals surface area contributed by atoms with Gasteiger partial charge in [0.1, 0.15) is 5.75 Å². The van der Waals surface area contributed by atoms with Gasteiger partial charge in [-0.25, -0.2) is 0 Å². The molecule has 1 aromatic carbocycles. The van der Waals surface area contributed by atoms with Crippen molar-refractivity contribution in [2.75, 3.05) is 23.9 Å². The molecule has 5 heteroatoms. The van der Waals surface area contributed by atoms with Gasteiger partial charge in [0, 0.05) is 5.69 Å². The molecular formula is C14H22N2O2S. The Balaban J connectivity index is 2.78. The van der Waals surface area contributed by atoms with Gasteiger partial charge in [0.05, 0.1) is 18.0 Å². The number of amides is 1. The normalized spacial score (nSPS) is 12.3. The summed E-state index contributed by atoms with van der Waals surface area (Å²) in [4.78, 5) is 12.2. The van der Waals surface area contributed by atoms with Crippen molar-refractivity contribution in [2.45, 2.75) is 26.0 Å². The minimum absolute atomic E-state index is 0.0198. The summed E-state index contributed by atoms with van der Waals surface area (Å²) < 4.78 is 5.09. The van der Waals surface area contributed by atoms with Gasteiger partial charge in [-0.2, -0.15) is 0 Å². The number of anilines is 2. The van der Waals surface area contributed by atoms with E-state index in [0.29, 0.717) is 23.0 Å². The number of ether oxygens (including phenoxy) is 1. The topological polar surface area (TPSA) is 64.3 Å². The Morgan fingerprint density at radius 3 is 2.63 bits per heavy atom. The first-order valence-corrected chi connectivity index (χ1v) is 7.40. The highest BCUT2D eigenvalue weighted by Gasteiger charge is 2.22. The van der Waals surface area contributed by atoms with Crippen LogP contribution in [0.25, 0.3) is 0 Å². The zero-order valence-corrected chi connectivity index (χ0v) is 12.7. The van der Waals surface area contributed by atoms with Gasteiger partial charge in [-0.3, -0.25) is 4.79 Å². The minimum Gasteiger partial charge on any atom is -0.495 e. The molecule has 0 spiro atoms. The zero-order chi connectivity index (χ0) is 14.4. The molecule has 106 valence electrons. The fourth-order valence-corrected chi connectivity index (χ4v) is 2.73. The highest BCUT2D eigenvalue weighted by Crippen LogP contribution is 2.26. The zero-order valence-electron chi connectivity index (χ0n) is 11.9. The van der Waals surface area contributed by atoms with Gasteiger partial charge in [-0.05, 0) is 29.9 Å². The smallest absolute Gasteiger partial charge is 0.237 e. The van der Waals surface area contributed by atoms with E-state index in [2.05, 4.69) is 26.1 Å². The predicted molar refractivity (Wildman–Crippen MR) is 82.8 cm³/mol. The van der Waals surface area contributed by atoms with E-state index >= 15 is 0 Å². The molecule has 1 aromatic rings. The molecular weight excluding hydrogens is 260 g/mol. The van der Waals surface area contributed by atoms with Crippen molar-refractivity contribution in [3.05, 3.63) is 18.2 Å². The molecule has 0 fully saturated rings. The summed E-state index contributed by atoms with van der Waals surface area (Å²) in [7, 11) is 1.57. The third-order valence-corrected chi connectivity index (χ3v) is 4.16. The Kier molecular flexibility index (Phi) is 6.02. The lowest BCUT2D eigenvalue weighted by Gasteiger charge is -2.19. The van der Waals surface area contributed by atoms with Crippen molar-refractivity contribution in [3.8, 4) is 5.75 Å². The van der Waals surface area contributed by atoms with Crippen molar-refractivity contribution in [2.24, 2.45) is 5.92 Å². The summed E-state index contributed by atoms with van der Waals surface area (Å²) in [5.41, 5.74) is 7.04. The van der Waals surface area contributed by atoms with Crippen LogP contribution in [0.2, 0.25) is 0 Å². The van der Waals surface area contributed by atoms with E-state index in [0.717, 1.165) is 5.75 Å². The summed E-state index contributed by atoms with van der Waals surface area (Å²) in [6.45, 7) is 6.16. The van der Waals surface area contributed by atoms with Crippen LogP contribution >= 0.6 is 11.8 Å². The van der Waals surface area contributed by atoms with Crippen molar-refractivity contribution in [3.63, 3.8) is 0 Å². The van der Waals surface area contributed by atoms with Crippen LogP contribution in [0.4, 0.5) is 11.4 Å². The monoisotopic (exact) mass is 282 g/mol. The van der Waals surface area contributed by atoms with E-state index in [4.69, 9.17) is 10.5 Å². The van der Waals surface area contributed by atoms with Gasteiger partial charge >= 0.3 is 0 Å².